The second kappa shape index (κ2) is 8.52. The maximum atomic E-state index is 11.2. The highest BCUT2D eigenvalue weighted by Gasteiger charge is 2.38. The Morgan fingerprint density at radius 1 is 1.06 bits per heavy atom. The molecule has 4 nitrogen and oxygen atoms in total. The summed E-state index contributed by atoms with van der Waals surface area (Å²) in [6.07, 6.45) is 3.63. The summed E-state index contributed by atoms with van der Waals surface area (Å²) in [5.74, 6) is 0.00443. The summed E-state index contributed by atoms with van der Waals surface area (Å²) in [4.78, 5) is 13.5. The molecule has 3 aromatic carbocycles. The number of aliphatic carboxylic acids is 1. The van der Waals surface area contributed by atoms with Gasteiger partial charge in [0.05, 0.1) is 12.5 Å². The Morgan fingerprint density at radius 3 is 2.71 bits per heavy atom. The van der Waals surface area contributed by atoms with Crippen molar-refractivity contribution < 1.29 is 14.6 Å². The van der Waals surface area contributed by atoms with E-state index in [2.05, 4.69) is 47.4 Å². The molecule has 1 unspecified atom stereocenters. The molecule has 0 radical (unpaired) electrons. The van der Waals surface area contributed by atoms with Gasteiger partial charge in [0, 0.05) is 36.1 Å². The summed E-state index contributed by atoms with van der Waals surface area (Å²) in [5, 5.41) is 12.5. The Hall–Kier alpha value is -2.56. The maximum Gasteiger partial charge on any atom is 0.309 e. The molecule has 31 heavy (non-hydrogen) atoms. The first-order chi connectivity index (χ1) is 15.1. The van der Waals surface area contributed by atoms with Crippen LogP contribution < -0.4 is 4.74 Å². The molecule has 0 saturated carbocycles. The number of rotatable bonds is 6. The summed E-state index contributed by atoms with van der Waals surface area (Å²) in [7, 11) is 0. The average Bonchev–Trinajstić information content (AvgIpc) is 2.74. The van der Waals surface area contributed by atoms with Gasteiger partial charge in [0.25, 0.3) is 0 Å². The number of ether oxygens (including phenoxy) is 1. The molecule has 1 heterocycles. The molecule has 3 aromatic rings. The topological polar surface area (TPSA) is 49.8 Å². The minimum absolute atomic E-state index is 0.225. The molecule has 0 bridgehead atoms. The first-order valence-electron chi connectivity index (χ1n) is 11.0. The lowest BCUT2D eigenvalue weighted by Gasteiger charge is -2.44. The van der Waals surface area contributed by atoms with E-state index >= 15 is 0 Å². The summed E-state index contributed by atoms with van der Waals surface area (Å²) in [6, 6.07) is 19.1. The molecular weight excluding hydrogens is 410 g/mol. The molecule has 0 spiro atoms. The molecule has 1 saturated heterocycles. The maximum absolute atomic E-state index is 11.2. The Labute approximate surface area is 187 Å². The molecule has 1 atom stereocenters. The number of fused-ring (bicyclic) bond motifs is 2. The lowest BCUT2D eigenvalue weighted by Crippen LogP contribution is -2.56. The smallest absolute Gasteiger partial charge is 0.309 e. The summed E-state index contributed by atoms with van der Waals surface area (Å²) >= 11 is 6.50. The van der Waals surface area contributed by atoms with Crippen molar-refractivity contribution in [3.63, 3.8) is 0 Å². The lowest BCUT2D eigenvalue weighted by atomic mass is 9.84. The zero-order chi connectivity index (χ0) is 21.4. The van der Waals surface area contributed by atoms with Crippen LogP contribution in [0.3, 0.4) is 0 Å². The first-order valence-corrected chi connectivity index (χ1v) is 11.3. The molecule has 160 valence electrons. The second-order valence-electron chi connectivity index (χ2n) is 8.63. The number of halogens is 1. The quantitative estimate of drug-likeness (QED) is 0.592. The monoisotopic (exact) mass is 435 g/mol. The number of benzene rings is 3. The lowest BCUT2D eigenvalue weighted by molar-refractivity contribution is -0.148. The third kappa shape index (κ3) is 4.02. The highest BCUT2D eigenvalue weighted by molar-refractivity contribution is 6.31. The first kappa shape index (κ1) is 20.3. The van der Waals surface area contributed by atoms with Crippen molar-refractivity contribution >= 4 is 28.3 Å². The van der Waals surface area contributed by atoms with E-state index in [1.165, 1.54) is 27.5 Å². The van der Waals surface area contributed by atoms with Gasteiger partial charge in [-0.3, -0.25) is 9.69 Å². The van der Waals surface area contributed by atoms with Crippen LogP contribution in [0.4, 0.5) is 0 Å². The molecule has 0 amide bonds. The van der Waals surface area contributed by atoms with E-state index in [0.717, 1.165) is 36.5 Å². The number of nitrogens with zero attached hydrogens (tertiary/aromatic N) is 1. The number of hydrogen-bond acceptors (Lipinski definition) is 3. The van der Waals surface area contributed by atoms with Gasteiger partial charge < -0.3 is 9.84 Å². The number of carboxylic acids is 1. The van der Waals surface area contributed by atoms with Gasteiger partial charge in [-0.15, -0.1) is 0 Å². The van der Waals surface area contributed by atoms with Crippen LogP contribution >= 0.6 is 11.6 Å². The number of carbonyl (C=O) groups is 1. The third-order valence-electron chi connectivity index (χ3n) is 6.78. The molecule has 0 aromatic heterocycles. The van der Waals surface area contributed by atoms with E-state index < -0.39 is 5.97 Å². The van der Waals surface area contributed by atoms with Crippen molar-refractivity contribution in [3.8, 4) is 5.75 Å². The van der Waals surface area contributed by atoms with Crippen molar-refractivity contribution in [3.05, 3.63) is 76.3 Å². The standard InChI is InChI=1S/C26H26ClNO3/c27-24-10-11-25(31-13-12-18-6-3-5-17-4-1-2-7-21(17)18)23-14-20(8-9-22(23)24)28-15-19(16-28)26(29)30/h1-7,10-11,19-20H,8-9,12-16H2,(H,29,30). The number of carboxylic acid groups (broad SMARTS) is 1. The third-order valence-corrected chi connectivity index (χ3v) is 7.14. The van der Waals surface area contributed by atoms with Crippen molar-refractivity contribution in [1.82, 2.24) is 4.90 Å². The SMILES string of the molecule is O=C(O)C1CN(C2CCc3c(Cl)ccc(OCCc4cccc5ccccc45)c3C2)C1. The molecular formula is C26H26ClNO3. The van der Waals surface area contributed by atoms with Gasteiger partial charge in [-0.25, -0.2) is 0 Å². The van der Waals surface area contributed by atoms with Crippen molar-refractivity contribution in [2.24, 2.45) is 5.92 Å². The van der Waals surface area contributed by atoms with Crippen LogP contribution in [0.1, 0.15) is 23.1 Å². The normalized spacial score (nSPS) is 19.1. The number of likely N-dealkylation sites (tertiary alicyclic amines) is 1. The molecule has 5 heteroatoms. The van der Waals surface area contributed by atoms with E-state index in [0.29, 0.717) is 25.7 Å². The largest absolute Gasteiger partial charge is 0.493 e. The predicted molar refractivity (Wildman–Crippen MR) is 123 cm³/mol. The Bertz CT molecular complexity index is 1120. The van der Waals surface area contributed by atoms with Gasteiger partial charge in [0.15, 0.2) is 0 Å². The molecule has 1 aliphatic heterocycles. The molecule has 1 N–H and O–H groups in total. The van der Waals surface area contributed by atoms with Gasteiger partial charge in [0.2, 0.25) is 0 Å². The van der Waals surface area contributed by atoms with Crippen LogP contribution in [0.5, 0.6) is 5.75 Å². The summed E-state index contributed by atoms with van der Waals surface area (Å²) < 4.78 is 6.28. The minimum atomic E-state index is -0.687. The van der Waals surface area contributed by atoms with Crippen molar-refractivity contribution in [2.45, 2.75) is 31.7 Å². The van der Waals surface area contributed by atoms with Crippen molar-refractivity contribution in [2.75, 3.05) is 19.7 Å². The van der Waals surface area contributed by atoms with Crippen LogP contribution in [0, 0.1) is 5.92 Å². The van der Waals surface area contributed by atoms with Gasteiger partial charge >= 0.3 is 5.97 Å². The fraction of sp³-hybridized carbons (Fsp3) is 0.346. The Kier molecular flexibility index (Phi) is 5.59. The van der Waals surface area contributed by atoms with E-state index in [1.54, 1.807) is 0 Å². The molecule has 1 fully saturated rings. The second-order valence-corrected chi connectivity index (χ2v) is 9.03. The minimum Gasteiger partial charge on any atom is -0.493 e. The predicted octanol–water partition coefficient (Wildman–Crippen LogP) is 4.99. The fourth-order valence-electron chi connectivity index (χ4n) is 4.98. The van der Waals surface area contributed by atoms with Crippen LogP contribution in [0.15, 0.2) is 54.6 Å². The van der Waals surface area contributed by atoms with Crippen LogP contribution in [-0.4, -0.2) is 41.7 Å². The van der Waals surface area contributed by atoms with E-state index in [9.17, 15) is 9.90 Å². The zero-order valence-electron chi connectivity index (χ0n) is 17.4. The molecule has 2 aliphatic rings. The van der Waals surface area contributed by atoms with Gasteiger partial charge in [-0.1, -0.05) is 54.1 Å². The van der Waals surface area contributed by atoms with Gasteiger partial charge in [-0.2, -0.15) is 0 Å². The molecule has 5 rings (SSSR count). The van der Waals surface area contributed by atoms with E-state index in [-0.39, 0.29) is 5.92 Å². The molecule has 1 aliphatic carbocycles. The Balaban J connectivity index is 1.29. The Morgan fingerprint density at radius 2 is 1.87 bits per heavy atom. The highest BCUT2D eigenvalue weighted by atomic mass is 35.5. The van der Waals surface area contributed by atoms with Crippen molar-refractivity contribution in [1.29, 1.82) is 0 Å². The fourth-order valence-corrected chi connectivity index (χ4v) is 5.25. The summed E-state index contributed by atoms with van der Waals surface area (Å²) in [6.45, 7) is 1.90. The zero-order valence-corrected chi connectivity index (χ0v) is 18.1. The van der Waals surface area contributed by atoms with E-state index in [4.69, 9.17) is 16.3 Å². The highest BCUT2D eigenvalue weighted by Crippen LogP contribution is 2.37. The summed E-state index contributed by atoms with van der Waals surface area (Å²) in [5.41, 5.74) is 3.68. The average molecular weight is 436 g/mol. The van der Waals surface area contributed by atoms with Crippen LogP contribution in [0.25, 0.3) is 10.8 Å². The van der Waals surface area contributed by atoms with Gasteiger partial charge in [0.1, 0.15) is 5.75 Å². The van der Waals surface area contributed by atoms with Crippen LogP contribution in [-0.2, 0) is 24.1 Å². The van der Waals surface area contributed by atoms with Gasteiger partial charge in [-0.05, 0) is 53.3 Å². The van der Waals surface area contributed by atoms with Crippen LogP contribution in [0.2, 0.25) is 5.02 Å². The number of hydrogen-bond donors (Lipinski definition) is 1. The van der Waals surface area contributed by atoms with E-state index in [1.807, 2.05) is 12.1 Å².